The fraction of sp³-hybridized carbons (Fsp3) is 0.571. The second-order valence-electron chi connectivity index (χ2n) is 8.33. The standard InChI is InChI=1S/C21H29N3O3/c1-6-14(18-23-19(27-24-18)15-8-7-9-15)12-16-10-11-17(13(16)2)22-20(25)26-21(3,4)5/h6,12,15,17H,1,7-11H2,2-5H3,(H,22,25)/b14-12+/t17-/m1/s1. The zero-order chi connectivity index (χ0) is 19.6. The number of hydrogen-bond donors (Lipinski definition) is 1. The van der Waals surface area contributed by atoms with Crippen LogP contribution in [0, 0.1) is 0 Å². The molecule has 0 radical (unpaired) electrons. The predicted octanol–water partition coefficient (Wildman–Crippen LogP) is 4.91. The van der Waals surface area contributed by atoms with Crippen LogP contribution in [0.5, 0.6) is 0 Å². The van der Waals surface area contributed by atoms with Crippen LogP contribution in [-0.2, 0) is 4.74 Å². The highest BCUT2D eigenvalue weighted by Gasteiger charge is 2.27. The van der Waals surface area contributed by atoms with Gasteiger partial charge in [0, 0.05) is 11.5 Å². The second kappa shape index (κ2) is 7.71. The van der Waals surface area contributed by atoms with Gasteiger partial charge in [-0.05, 0) is 70.6 Å². The number of nitrogens with one attached hydrogen (secondary N) is 1. The van der Waals surface area contributed by atoms with E-state index in [9.17, 15) is 4.79 Å². The Hall–Kier alpha value is -2.37. The Balaban J connectivity index is 1.72. The highest BCUT2D eigenvalue weighted by atomic mass is 16.6. The van der Waals surface area contributed by atoms with Crippen LogP contribution in [0.4, 0.5) is 4.79 Å². The van der Waals surface area contributed by atoms with E-state index in [0.717, 1.165) is 42.7 Å². The molecule has 1 amide bonds. The lowest BCUT2D eigenvalue weighted by molar-refractivity contribution is 0.0512. The van der Waals surface area contributed by atoms with Gasteiger partial charge in [0.15, 0.2) is 0 Å². The van der Waals surface area contributed by atoms with Crippen molar-refractivity contribution in [3.8, 4) is 0 Å². The lowest BCUT2D eigenvalue weighted by atomic mass is 9.85. The van der Waals surface area contributed by atoms with Gasteiger partial charge in [0.1, 0.15) is 5.60 Å². The first-order chi connectivity index (χ1) is 12.8. The van der Waals surface area contributed by atoms with Gasteiger partial charge in [0.2, 0.25) is 11.7 Å². The van der Waals surface area contributed by atoms with Crippen LogP contribution in [0.2, 0.25) is 0 Å². The SMILES string of the molecule is C=C/C(=C\C1=C(C)[C@H](NC(=O)OC(C)(C)C)CC1)c1noc(C2CCC2)n1. The first kappa shape index (κ1) is 19.4. The zero-order valence-corrected chi connectivity index (χ0v) is 16.7. The van der Waals surface area contributed by atoms with Crippen LogP contribution in [0.1, 0.15) is 77.4 Å². The van der Waals surface area contributed by atoms with E-state index in [-0.39, 0.29) is 12.1 Å². The van der Waals surface area contributed by atoms with Gasteiger partial charge in [0.25, 0.3) is 0 Å². The van der Waals surface area contributed by atoms with Gasteiger partial charge >= 0.3 is 6.09 Å². The van der Waals surface area contributed by atoms with Gasteiger partial charge < -0.3 is 14.6 Å². The molecule has 0 spiro atoms. The molecule has 27 heavy (non-hydrogen) atoms. The van der Waals surface area contributed by atoms with Gasteiger partial charge in [-0.15, -0.1) is 0 Å². The maximum Gasteiger partial charge on any atom is 0.408 e. The molecule has 6 nitrogen and oxygen atoms in total. The average Bonchev–Trinajstić information content (AvgIpc) is 3.10. The van der Waals surface area contributed by atoms with E-state index >= 15 is 0 Å². The molecule has 1 saturated carbocycles. The van der Waals surface area contributed by atoms with Crippen molar-refractivity contribution in [3.05, 3.63) is 41.6 Å². The lowest BCUT2D eigenvalue weighted by Crippen LogP contribution is -2.38. The van der Waals surface area contributed by atoms with Gasteiger partial charge in [-0.2, -0.15) is 4.98 Å². The smallest absolute Gasteiger partial charge is 0.408 e. The number of carbonyl (C=O) groups excluding carboxylic acids is 1. The number of aromatic nitrogens is 2. The minimum absolute atomic E-state index is 0.0204. The quantitative estimate of drug-likeness (QED) is 0.744. The number of allylic oxidation sites excluding steroid dienone is 4. The summed E-state index contributed by atoms with van der Waals surface area (Å²) in [6.45, 7) is 11.5. The predicted molar refractivity (Wildman–Crippen MR) is 104 cm³/mol. The summed E-state index contributed by atoms with van der Waals surface area (Å²) >= 11 is 0. The van der Waals surface area contributed by atoms with Crippen LogP contribution < -0.4 is 5.32 Å². The van der Waals surface area contributed by atoms with E-state index in [4.69, 9.17) is 9.26 Å². The maximum atomic E-state index is 12.0. The van der Waals surface area contributed by atoms with Crippen LogP contribution in [-0.4, -0.2) is 27.9 Å². The van der Waals surface area contributed by atoms with Gasteiger partial charge in [-0.3, -0.25) is 0 Å². The normalized spacial score (nSPS) is 21.2. The third-order valence-electron chi connectivity index (χ3n) is 5.13. The minimum Gasteiger partial charge on any atom is -0.444 e. The topological polar surface area (TPSA) is 77.2 Å². The molecule has 0 saturated heterocycles. The number of carbonyl (C=O) groups is 1. The molecule has 1 N–H and O–H groups in total. The zero-order valence-electron chi connectivity index (χ0n) is 16.7. The number of rotatable bonds is 5. The molecule has 6 heteroatoms. The highest BCUT2D eigenvalue weighted by molar-refractivity contribution is 5.72. The minimum atomic E-state index is -0.504. The number of ether oxygens (including phenoxy) is 1. The largest absolute Gasteiger partial charge is 0.444 e. The van der Waals surface area contributed by atoms with Crippen molar-refractivity contribution < 1.29 is 14.1 Å². The first-order valence-corrected chi connectivity index (χ1v) is 9.64. The van der Waals surface area contributed by atoms with Crippen molar-refractivity contribution in [2.75, 3.05) is 0 Å². The molecular weight excluding hydrogens is 342 g/mol. The molecule has 0 aliphatic heterocycles. The molecule has 0 bridgehead atoms. The summed E-state index contributed by atoms with van der Waals surface area (Å²) in [5, 5.41) is 7.08. The van der Waals surface area contributed by atoms with E-state index in [2.05, 4.69) is 28.1 Å². The van der Waals surface area contributed by atoms with Gasteiger partial charge in [0.05, 0.1) is 6.04 Å². The summed E-state index contributed by atoms with van der Waals surface area (Å²) in [6, 6.07) is -0.0204. The van der Waals surface area contributed by atoms with E-state index in [0.29, 0.717) is 11.7 Å². The lowest BCUT2D eigenvalue weighted by Gasteiger charge is -2.22. The first-order valence-electron chi connectivity index (χ1n) is 9.64. The van der Waals surface area contributed by atoms with E-state index in [1.54, 1.807) is 6.08 Å². The van der Waals surface area contributed by atoms with E-state index < -0.39 is 5.60 Å². The van der Waals surface area contributed by atoms with Crippen LogP contribution in [0.25, 0.3) is 5.57 Å². The Morgan fingerprint density at radius 1 is 1.33 bits per heavy atom. The number of amides is 1. The second-order valence-corrected chi connectivity index (χ2v) is 8.33. The summed E-state index contributed by atoms with van der Waals surface area (Å²) in [7, 11) is 0. The Labute approximate surface area is 160 Å². The molecule has 1 fully saturated rings. The maximum absolute atomic E-state index is 12.0. The van der Waals surface area contributed by atoms with Crippen molar-refractivity contribution in [1.82, 2.24) is 15.5 Å². The van der Waals surface area contributed by atoms with Gasteiger partial charge in [-0.1, -0.05) is 24.2 Å². The summed E-state index contributed by atoms with van der Waals surface area (Å²) in [4.78, 5) is 16.6. The van der Waals surface area contributed by atoms with Crippen molar-refractivity contribution >= 4 is 11.7 Å². The number of hydrogen-bond acceptors (Lipinski definition) is 5. The molecule has 1 aromatic heterocycles. The van der Waals surface area contributed by atoms with Crippen LogP contribution >= 0.6 is 0 Å². The molecule has 3 rings (SSSR count). The fourth-order valence-electron chi connectivity index (χ4n) is 3.33. The average molecular weight is 371 g/mol. The van der Waals surface area contributed by atoms with Crippen LogP contribution in [0.15, 0.2) is 34.4 Å². The van der Waals surface area contributed by atoms with Crippen molar-refractivity contribution in [3.63, 3.8) is 0 Å². The Bertz CT molecular complexity index is 779. The Kier molecular flexibility index (Phi) is 5.53. The third-order valence-corrected chi connectivity index (χ3v) is 5.13. The van der Waals surface area contributed by atoms with E-state index in [1.807, 2.05) is 27.7 Å². The molecule has 2 aliphatic carbocycles. The highest BCUT2D eigenvalue weighted by Crippen LogP contribution is 2.36. The molecule has 1 aromatic rings. The van der Waals surface area contributed by atoms with Crippen molar-refractivity contribution in [2.45, 2.75) is 77.4 Å². The van der Waals surface area contributed by atoms with Crippen LogP contribution in [0.3, 0.4) is 0 Å². The Morgan fingerprint density at radius 2 is 2.07 bits per heavy atom. The summed E-state index contributed by atoms with van der Waals surface area (Å²) in [5.41, 5.74) is 2.64. The van der Waals surface area contributed by atoms with Gasteiger partial charge in [-0.25, -0.2) is 4.79 Å². The number of nitrogens with zero attached hydrogens (tertiary/aromatic N) is 2. The molecule has 0 unspecified atom stereocenters. The van der Waals surface area contributed by atoms with E-state index in [1.165, 1.54) is 12.0 Å². The van der Waals surface area contributed by atoms with Crippen molar-refractivity contribution in [1.29, 1.82) is 0 Å². The van der Waals surface area contributed by atoms with Crippen molar-refractivity contribution in [2.24, 2.45) is 0 Å². The molecule has 0 aromatic carbocycles. The summed E-state index contributed by atoms with van der Waals surface area (Å²) in [5.74, 6) is 1.72. The molecule has 1 atom stereocenters. The summed E-state index contributed by atoms with van der Waals surface area (Å²) < 4.78 is 10.8. The Morgan fingerprint density at radius 3 is 2.67 bits per heavy atom. The monoisotopic (exact) mass is 371 g/mol. The third kappa shape index (κ3) is 4.67. The molecular formula is C21H29N3O3. The molecule has 146 valence electrons. The molecule has 1 heterocycles. The fourth-order valence-corrected chi connectivity index (χ4v) is 3.33. The molecule has 2 aliphatic rings. The number of alkyl carbamates (subject to hydrolysis) is 1. The summed E-state index contributed by atoms with van der Waals surface area (Å²) in [6.07, 6.45) is 8.61.